The zero-order valence-corrected chi connectivity index (χ0v) is 10.7. The lowest BCUT2D eigenvalue weighted by atomic mass is 10.1. The van der Waals surface area contributed by atoms with E-state index in [2.05, 4.69) is 10.3 Å². The molecule has 1 saturated heterocycles. The lowest BCUT2D eigenvalue weighted by Gasteiger charge is -2.35. The molecule has 1 amide bonds. The fourth-order valence-corrected chi connectivity index (χ4v) is 1.71. The minimum Gasteiger partial charge on any atom is -0.340 e. The van der Waals surface area contributed by atoms with E-state index >= 15 is 0 Å². The Bertz CT molecular complexity index is 354. The van der Waals surface area contributed by atoms with Gasteiger partial charge in [-0.05, 0) is 18.6 Å². The number of likely N-dealkylation sites (N-methyl/N-ethyl adjacent to an activating group) is 1. The van der Waals surface area contributed by atoms with Crippen LogP contribution in [0.25, 0.3) is 0 Å². The van der Waals surface area contributed by atoms with E-state index in [0.29, 0.717) is 12.5 Å². The van der Waals surface area contributed by atoms with Crippen LogP contribution in [0.3, 0.4) is 0 Å². The number of rotatable bonds is 4. The number of aryl methyl sites for hydroxylation is 1. The largest absolute Gasteiger partial charge is 0.340 e. The first-order chi connectivity index (χ1) is 7.77. The molecule has 0 spiro atoms. The Labute approximate surface area is 108 Å². The van der Waals surface area contributed by atoms with Crippen molar-refractivity contribution in [3.05, 3.63) is 30.1 Å². The third-order valence-electron chi connectivity index (χ3n) is 3.02. The van der Waals surface area contributed by atoms with Gasteiger partial charge < -0.3 is 10.2 Å². The first-order valence-electron chi connectivity index (χ1n) is 5.63. The monoisotopic (exact) mass is 255 g/mol. The van der Waals surface area contributed by atoms with Crippen LogP contribution in [0.15, 0.2) is 24.4 Å². The van der Waals surface area contributed by atoms with E-state index in [0.717, 1.165) is 25.2 Å². The maximum atomic E-state index is 11.8. The minimum absolute atomic E-state index is 0. The van der Waals surface area contributed by atoms with E-state index in [-0.39, 0.29) is 18.3 Å². The molecular formula is C12H18ClN3O. The summed E-state index contributed by atoms with van der Waals surface area (Å²) < 4.78 is 0. The first-order valence-corrected chi connectivity index (χ1v) is 5.63. The molecule has 1 N–H and O–H groups in total. The number of carbonyl (C=O) groups excluding carboxylic acids is 1. The molecule has 0 unspecified atom stereocenters. The van der Waals surface area contributed by atoms with Crippen LogP contribution in [-0.4, -0.2) is 42.0 Å². The lowest BCUT2D eigenvalue weighted by Crippen LogP contribution is -2.57. The highest BCUT2D eigenvalue weighted by Crippen LogP contribution is 2.06. The van der Waals surface area contributed by atoms with Gasteiger partial charge >= 0.3 is 0 Å². The molecule has 17 heavy (non-hydrogen) atoms. The Kier molecular flexibility index (Phi) is 5.38. The van der Waals surface area contributed by atoms with E-state index in [9.17, 15) is 4.79 Å². The molecule has 1 aromatic heterocycles. The van der Waals surface area contributed by atoms with Gasteiger partial charge in [-0.15, -0.1) is 12.4 Å². The highest BCUT2D eigenvalue weighted by molar-refractivity contribution is 5.85. The summed E-state index contributed by atoms with van der Waals surface area (Å²) in [4.78, 5) is 17.9. The standard InChI is InChI=1S/C12H17N3O.ClH/c1-15(11-8-13-9-11)12(16)6-5-10-4-2-3-7-14-10;/h2-4,7,11,13H,5-6,8-9H2,1H3;1H. The van der Waals surface area contributed by atoms with Gasteiger partial charge in [0.2, 0.25) is 5.91 Å². The molecule has 94 valence electrons. The summed E-state index contributed by atoms with van der Waals surface area (Å²) in [6.07, 6.45) is 3.04. The van der Waals surface area contributed by atoms with Gasteiger partial charge in [-0.1, -0.05) is 6.07 Å². The van der Waals surface area contributed by atoms with Crippen LogP contribution in [0.5, 0.6) is 0 Å². The van der Waals surface area contributed by atoms with Gasteiger partial charge in [0.15, 0.2) is 0 Å². The van der Waals surface area contributed by atoms with Gasteiger partial charge in [0.05, 0.1) is 6.04 Å². The van der Waals surface area contributed by atoms with Crippen molar-refractivity contribution >= 4 is 18.3 Å². The van der Waals surface area contributed by atoms with Crippen molar-refractivity contribution in [2.75, 3.05) is 20.1 Å². The predicted molar refractivity (Wildman–Crippen MR) is 69.2 cm³/mol. The van der Waals surface area contributed by atoms with Crippen LogP contribution >= 0.6 is 12.4 Å². The fourth-order valence-electron chi connectivity index (χ4n) is 1.71. The molecule has 1 aliphatic heterocycles. The number of hydrogen-bond donors (Lipinski definition) is 1. The molecule has 1 aliphatic rings. The Morgan fingerprint density at radius 2 is 2.29 bits per heavy atom. The Balaban J connectivity index is 0.00000144. The van der Waals surface area contributed by atoms with Crippen molar-refractivity contribution in [1.82, 2.24) is 15.2 Å². The van der Waals surface area contributed by atoms with Gasteiger partial charge in [0.1, 0.15) is 0 Å². The molecule has 1 fully saturated rings. The second-order valence-electron chi connectivity index (χ2n) is 4.14. The minimum atomic E-state index is 0. The topological polar surface area (TPSA) is 45.2 Å². The quantitative estimate of drug-likeness (QED) is 0.868. The summed E-state index contributed by atoms with van der Waals surface area (Å²) in [5.74, 6) is 0.206. The number of aromatic nitrogens is 1. The van der Waals surface area contributed by atoms with Gasteiger partial charge in [0, 0.05) is 38.4 Å². The molecule has 0 saturated carbocycles. The van der Waals surface area contributed by atoms with E-state index in [1.807, 2.05) is 30.1 Å². The number of carbonyl (C=O) groups is 1. The third kappa shape index (κ3) is 3.68. The number of halogens is 1. The van der Waals surface area contributed by atoms with Crippen molar-refractivity contribution in [2.24, 2.45) is 0 Å². The number of amides is 1. The Morgan fingerprint density at radius 3 is 2.82 bits per heavy atom. The van der Waals surface area contributed by atoms with Crippen LogP contribution in [0, 0.1) is 0 Å². The van der Waals surface area contributed by atoms with Crippen LogP contribution in [0.2, 0.25) is 0 Å². The van der Waals surface area contributed by atoms with Crippen molar-refractivity contribution < 1.29 is 4.79 Å². The maximum Gasteiger partial charge on any atom is 0.223 e. The molecule has 0 aromatic carbocycles. The molecule has 5 heteroatoms. The Hall–Kier alpha value is -1.13. The molecule has 2 rings (SSSR count). The predicted octanol–water partition coefficient (Wildman–Crippen LogP) is 0.866. The first kappa shape index (κ1) is 13.9. The number of hydrogen-bond acceptors (Lipinski definition) is 3. The van der Waals surface area contributed by atoms with Gasteiger partial charge in [-0.3, -0.25) is 9.78 Å². The smallest absolute Gasteiger partial charge is 0.223 e. The Morgan fingerprint density at radius 1 is 1.53 bits per heavy atom. The van der Waals surface area contributed by atoms with Crippen molar-refractivity contribution in [2.45, 2.75) is 18.9 Å². The van der Waals surface area contributed by atoms with Crippen LogP contribution in [0.1, 0.15) is 12.1 Å². The van der Waals surface area contributed by atoms with Gasteiger partial charge in [-0.2, -0.15) is 0 Å². The molecular weight excluding hydrogens is 238 g/mol. The number of nitrogens with zero attached hydrogens (tertiary/aromatic N) is 2. The SMILES string of the molecule is CN(C(=O)CCc1ccccn1)C1CNC1.Cl. The van der Waals surface area contributed by atoms with E-state index in [1.165, 1.54) is 0 Å². The van der Waals surface area contributed by atoms with Crippen molar-refractivity contribution in [3.8, 4) is 0 Å². The summed E-state index contributed by atoms with van der Waals surface area (Å²) in [7, 11) is 1.88. The normalized spacial score (nSPS) is 14.6. The second-order valence-corrected chi connectivity index (χ2v) is 4.14. The highest BCUT2D eigenvalue weighted by Gasteiger charge is 2.24. The van der Waals surface area contributed by atoms with E-state index < -0.39 is 0 Å². The summed E-state index contributed by atoms with van der Waals surface area (Å²) in [5, 5.41) is 3.16. The van der Waals surface area contributed by atoms with Crippen molar-refractivity contribution in [1.29, 1.82) is 0 Å². The van der Waals surface area contributed by atoms with Crippen LogP contribution in [-0.2, 0) is 11.2 Å². The molecule has 0 radical (unpaired) electrons. The maximum absolute atomic E-state index is 11.8. The van der Waals surface area contributed by atoms with E-state index in [4.69, 9.17) is 0 Å². The highest BCUT2D eigenvalue weighted by atomic mass is 35.5. The molecule has 0 aliphatic carbocycles. The van der Waals surface area contributed by atoms with Crippen molar-refractivity contribution in [3.63, 3.8) is 0 Å². The van der Waals surface area contributed by atoms with Gasteiger partial charge in [0.25, 0.3) is 0 Å². The zero-order valence-electron chi connectivity index (χ0n) is 9.93. The third-order valence-corrected chi connectivity index (χ3v) is 3.02. The second kappa shape index (κ2) is 6.57. The molecule has 0 bridgehead atoms. The summed E-state index contributed by atoms with van der Waals surface area (Å²) in [6.45, 7) is 1.84. The number of pyridine rings is 1. The van der Waals surface area contributed by atoms with Crippen LogP contribution in [0.4, 0.5) is 0 Å². The molecule has 0 atom stereocenters. The molecule has 2 heterocycles. The summed E-state index contributed by atoms with van der Waals surface area (Å²) in [6, 6.07) is 6.18. The average molecular weight is 256 g/mol. The number of nitrogens with one attached hydrogen (secondary N) is 1. The lowest BCUT2D eigenvalue weighted by molar-refractivity contribution is -0.132. The van der Waals surface area contributed by atoms with Gasteiger partial charge in [-0.25, -0.2) is 0 Å². The van der Waals surface area contributed by atoms with E-state index in [1.54, 1.807) is 6.20 Å². The fraction of sp³-hybridized carbons (Fsp3) is 0.500. The molecule has 1 aromatic rings. The zero-order chi connectivity index (χ0) is 11.4. The summed E-state index contributed by atoms with van der Waals surface area (Å²) >= 11 is 0. The average Bonchev–Trinajstić information content (AvgIpc) is 2.25. The summed E-state index contributed by atoms with van der Waals surface area (Å²) in [5.41, 5.74) is 0.982. The van der Waals surface area contributed by atoms with Crippen LogP contribution < -0.4 is 5.32 Å². The molecule has 4 nitrogen and oxygen atoms in total.